The van der Waals surface area contributed by atoms with Crippen molar-refractivity contribution in [1.29, 1.82) is 0 Å². The van der Waals surface area contributed by atoms with E-state index >= 15 is 0 Å². The number of rotatable bonds is 6. The van der Waals surface area contributed by atoms with Crippen LogP contribution in [0.5, 0.6) is 5.75 Å². The van der Waals surface area contributed by atoms with Gasteiger partial charge in [0.25, 0.3) is 15.9 Å². The molecule has 146 valence electrons. The van der Waals surface area contributed by atoms with Gasteiger partial charge in [-0.1, -0.05) is 18.2 Å². The van der Waals surface area contributed by atoms with E-state index in [9.17, 15) is 22.7 Å². The predicted octanol–water partition coefficient (Wildman–Crippen LogP) is 3.67. The number of halogens is 1. The van der Waals surface area contributed by atoms with Gasteiger partial charge in [0.2, 0.25) is 0 Å². The second-order valence-electron chi connectivity index (χ2n) is 6.06. The number of nitrogens with one attached hydrogen (secondary N) is 1. The average molecular weight is 420 g/mol. The lowest BCUT2D eigenvalue weighted by Gasteiger charge is -2.18. The minimum Gasteiger partial charge on any atom is -0.507 e. The molecular weight excluding hydrogens is 403 g/mol. The Morgan fingerprint density at radius 3 is 2.50 bits per heavy atom. The minimum absolute atomic E-state index is 0.0312. The molecule has 0 fully saturated rings. The minimum atomic E-state index is -3.75. The summed E-state index contributed by atoms with van der Waals surface area (Å²) in [5.41, 5.74) is 0.907. The van der Waals surface area contributed by atoms with Gasteiger partial charge in [0.1, 0.15) is 15.8 Å². The van der Waals surface area contributed by atoms with Crippen LogP contribution in [0.1, 0.15) is 15.9 Å². The number of anilines is 1. The van der Waals surface area contributed by atoms with E-state index in [2.05, 4.69) is 4.72 Å². The van der Waals surface area contributed by atoms with E-state index in [1.807, 2.05) is 0 Å². The van der Waals surface area contributed by atoms with Crippen molar-refractivity contribution in [2.75, 3.05) is 11.8 Å². The standard InChI is InChI=1S/C19H17FN2O4S2/c1-22(12-13-4-6-14(20)7-5-13)19(24)16-9-8-15(11-17(16)23)21-28(25,26)18-3-2-10-27-18/h2-11,21,23H,12H2,1H3. The zero-order valence-electron chi connectivity index (χ0n) is 14.8. The van der Waals surface area contributed by atoms with E-state index in [0.29, 0.717) is 0 Å². The van der Waals surface area contributed by atoms with E-state index in [4.69, 9.17) is 0 Å². The SMILES string of the molecule is CN(Cc1ccc(F)cc1)C(=O)c1ccc(NS(=O)(=O)c2cccs2)cc1O. The fourth-order valence-corrected chi connectivity index (χ4v) is 4.58. The van der Waals surface area contributed by atoms with Crippen LogP contribution in [0.3, 0.4) is 0 Å². The number of aromatic hydroxyl groups is 1. The average Bonchev–Trinajstić information content (AvgIpc) is 3.19. The summed E-state index contributed by atoms with van der Waals surface area (Å²) in [4.78, 5) is 13.9. The zero-order chi connectivity index (χ0) is 20.3. The Morgan fingerprint density at radius 2 is 1.89 bits per heavy atom. The van der Waals surface area contributed by atoms with Gasteiger partial charge in [-0.3, -0.25) is 9.52 Å². The molecule has 0 bridgehead atoms. The molecule has 0 radical (unpaired) electrons. The molecule has 0 atom stereocenters. The molecule has 1 amide bonds. The van der Waals surface area contributed by atoms with Crippen LogP contribution < -0.4 is 4.72 Å². The molecule has 9 heteroatoms. The lowest BCUT2D eigenvalue weighted by Crippen LogP contribution is -2.26. The largest absolute Gasteiger partial charge is 0.507 e. The van der Waals surface area contributed by atoms with E-state index in [1.54, 1.807) is 30.6 Å². The molecule has 0 saturated carbocycles. The molecular formula is C19H17FN2O4S2. The van der Waals surface area contributed by atoms with Crippen LogP contribution in [0, 0.1) is 5.82 Å². The Balaban J connectivity index is 1.74. The molecule has 28 heavy (non-hydrogen) atoms. The summed E-state index contributed by atoms with van der Waals surface area (Å²) in [6, 6.07) is 12.8. The summed E-state index contributed by atoms with van der Waals surface area (Å²) in [6.07, 6.45) is 0. The third-order valence-electron chi connectivity index (χ3n) is 3.92. The second kappa shape index (κ2) is 7.99. The first kappa shape index (κ1) is 19.8. The highest BCUT2D eigenvalue weighted by Crippen LogP contribution is 2.26. The van der Waals surface area contributed by atoms with Crippen LogP contribution >= 0.6 is 11.3 Å². The Bertz CT molecular complexity index is 1080. The van der Waals surface area contributed by atoms with Crippen molar-refractivity contribution in [2.45, 2.75) is 10.8 Å². The summed E-state index contributed by atoms with van der Waals surface area (Å²) >= 11 is 1.07. The summed E-state index contributed by atoms with van der Waals surface area (Å²) in [5, 5.41) is 11.9. The molecule has 6 nitrogen and oxygen atoms in total. The van der Waals surface area contributed by atoms with Crippen molar-refractivity contribution in [3.8, 4) is 5.75 Å². The van der Waals surface area contributed by atoms with E-state index < -0.39 is 15.9 Å². The van der Waals surface area contributed by atoms with Crippen LogP contribution in [0.15, 0.2) is 64.2 Å². The van der Waals surface area contributed by atoms with Crippen molar-refractivity contribution >= 4 is 33.0 Å². The van der Waals surface area contributed by atoms with Gasteiger partial charge >= 0.3 is 0 Å². The molecule has 2 aromatic carbocycles. The zero-order valence-corrected chi connectivity index (χ0v) is 16.4. The van der Waals surface area contributed by atoms with Gasteiger partial charge in [0.15, 0.2) is 0 Å². The number of benzene rings is 2. The Kier molecular flexibility index (Phi) is 5.66. The first-order chi connectivity index (χ1) is 13.3. The number of nitrogens with zero attached hydrogens (tertiary/aromatic N) is 1. The Labute approximate surface area is 165 Å². The fraction of sp³-hybridized carbons (Fsp3) is 0.105. The normalized spacial score (nSPS) is 11.2. The highest BCUT2D eigenvalue weighted by molar-refractivity contribution is 7.94. The molecule has 0 unspecified atom stereocenters. The molecule has 3 aromatic rings. The molecule has 0 spiro atoms. The van der Waals surface area contributed by atoms with Gasteiger partial charge < -0.3 is 10.0 Å². The van der Waals surface area contributed by atoms with Crippen LogP contribution in [-0.2, 0) is 16.6 Å². The van der Waals surface area contributed by atoms with Crippen molar-refractivity contribution in [2.24, 2.45) is 0 Å². The lowest BCUT2D eigenvalue weighted by atomic mass is 10.1. The molecule has 0 saturated heterocycles. The number of thiophene rings is 1. The maximum atomic E-state index is 13.0. The van der Waals surface area contributed by atoms with Crippen LogP contribution in [0.4, 0.5) is 10.1 Å². The first-order valence-corrected chi connectivity index (χ1v) is 10.5. The number of amides is 1. The highest BCUT2D eigenvalue weighted by Gasteiger charge is 2.19. The lowest BCUT2D eigenvalue weighted by molar-refractivity contribution is 0.0782. The highest BCUT2D eigenvalue weighted by atomic mass is 32.2. The van der Waals surface area contributed by atoms with E-state index in [0.717, 1.165) is 16.9 Å². The fourth-order valence-electron chi connectivity index (χ4n) is 2.54. The molecule has 0 aliphatic heterocycles. The van der Waals surface area contributed by atoms with Crippen molar-refractivity contribution in [1.82, 2.24) is 4.90 Å². The van der Waals surface area contributed by atoms with Crippen LogP contribution in [0.2, 0.25) is 0 Å². The Hall–Kier alpha value is -2.91. The Morgan fingerprint density at radius 1 is 1.18 bits per heavy atom. The first-order valence-electron chi connectivity index (χ1n) is 8.15. The molecule has 2 N–H and O–H groups in total. The van der Waals surface area contributed by atoms with Gasteiger partial charge in [-0.15, -0.1) is 11.3 Å². The van der Waals surface area contributed by atoms with Gasteiger partial charge in [-0.05, 0) is 41.3 Å². The summed E-state index contributed by atoms with van der Waals surface area (Å²) in [7, 11) is -2.19. The van der Waals surface area contributed by atoms with Gasteiger partial charge in [-0.25, -0.2) is 12.8 Å². The molecule has 0 aliphatic rings. The van der Waals surface area contributed by atoms with Crippen molar-refractivity contribution in [3.63, 3.8) is 0 Å². The third kappa shape index (κ3) is 4.49. The maximum absolute atomic E-state index is 13.0. The number of carbonyl (C=O) groups excluding carboxylic acids is 1. The third-order valence-corrected chi connectivity index (χ3v) is 6.70. The second-order valence-corrected chi connectivity index (χ2v) is 8.91. The van der Waals surface area contributed by atoms with Crippen LogP contribution in [0.25, 0.3) is 0 Å². The predicted molar refractivity (Wildman–Crippen MR) is 105 cm³/mol. The molecule has 1 aromatic heterocycles. The number of carbonyl (C=O) groups is 1. The molecule has 0 aliphatic carbocycles. The summed E-state index contributed by atoms with van der Waals surface area (Å²) < 4.78 is 40.0. The summed E-state index contributed by atoms with van der Waals surface area (Å²) in [5.74, 6) is -1.16. The summed E-state index contributed by atoms with van der Waals surface area (Å²) in [6.45, 7) is 0.227. The van der Waals surface area contributed by atoms with Gasteiger partial charge in [0, 0.05) is 19.7 Å². The van der Waals surface area contributed by atoms with E-state index in [-0.39, 0.29) is 33.6 Å². The van der Waals surface area contributed by atoms with Crippen molar-refractivity contribution < 1.29 is 22.7 Å². The quantitative estimate of drug-likeness (QED) is 0.637. The number of phenolic OH excluding ortho intramolecular Hbond substituents is 1. The van der Waals surface area contributed by atoms with Gasteiger partial charge in [-0.2, -0.15) is 0 Å². The molecule has 3 rings (SSSR count). The number of hydrogen-bond donors (Lipinski definition) is 2. The molecule has 1 heterocycles. The monoisotopic (exact) mass is 420 g/mol. The van der Waals surface area contributed by atoms with E-state index in [1.165, 1.54) is 41.3 Å². The smallest absolute Gasteiger partial charge is 0.271 e. The topological polar surface area (TPSA) is 86.7 Å². The van der Waals surface area contributed by atoms with Crippen molar-refractivity contribution in [3.05, 3.63) is 76.9 Å². The number of phenols is 1. The maximum Gasteiger partial charge on any atom is 0.271 e. The van der Waals surface area contributed by atoms with Crippen LogP contribution in [-0.4, -0.2) is 31.4 Å². The number of sulfonamides is 1. The van der Waals surface area contributed by atoms with Gasteiger partial charge in [0.05, 0.1) is 11.3 Å². The number of hydrogen-bond acceptors (Lipinski definition) is 5.